The van der Waals surface area contributed by atoms with E-state index in [2.05, 4.69) is 17.2 Å². The molecule has 2 aromatic carbocycles. The number of anilines is 2. The molecule has 2 heterocycles. The van der Waals surface area contributed by atoms with Crippen molar-refractivity contribution in [3.05, 3.63) is 59.5 Å². The molecule has 194 valence electrons. The van der Waals surface area contributed by atoms with Gasteiger partial charge in [0.15, 0.2) is 10.9 Å². The van der Waals surface area contributed by atoms with Crippen molar-refractivity contribution in [2.45, 2.75) is 65.5 Å². The van der Waals surface area contributed by atoms with Gasteiger partial charge in [0.2, 0.25) is 0 Å². The highest BCUT2D eigenvalue weighted by atomic mass is 32.1. The molecule has 0 saturated carbocycles. The van der Waals surface area contributed by atoms with Crippen LogP contribution in [0.25, 0.3) is 22.4 Å². The van der Waals surface area contributed by atoms with Crippen molar-refractivity contribution in [2.75, 3.05) is 11.5 Å². The van der Waals surface area contributed by atoms with Gasteiger partial charge in [-0.15, -0.1) is 11.3 Å². The summed E-state index contributed by atoms with van der Waals surface area (Å²) in [5, 5.41) is 6.75. The van der Waals surface area contributed by atoms with Gasteiger partial charge < -0.3 is 9.73 Å². The van der Waals surface area contributed by atoms with Gasteiger partial charge in [0.05, 0.1) is 5.56 Å². The van der Waals surface area contributed by atoms with E-state index in [0.717, 1.165) is 36.4 Å². The van der Waals surface area contributed by atoms with Gasteiger partial charge in [-0.25, -0.2) is 4.98 Å². The van der Waals surface area contributed by atoms with Crippen LogP contribution in [0.4, 0.5) is 24.0 Å². The number of benzene rings is 2. The summed E-state index contributed by atoms with van der Waals surface area (Å²) < 4.78 is 47.1. The summed E-state index contributed by atoms with van der Waals surface area (Å²) in [6.45, 7) is 6.17. The molecule has 0 amide bonds. The van der Waals surface area contributed by atoms with Crippen molar-refractivity contribution in [3.63, 3.8) is 0 Å². The summed E-state index contributed by atoms with van der Waals surface area (Å²) in [4.78, 5) is 4.51. The van der Waals surface area contributed by atoms with Crippen molar-refractivity contribution < 1.29 is 17.6 Å². The van der Waals surface area contributed by atoms with Gasteiger partial charge in [-0.05, 0) is 42.2 Å². The van der Waals surface area contributed by atoms with Crippen LogP contribution >= 0.6 is 19.9 Å². The summed E-state index contributed by atoms with van der Waals surface area (Å²) in [7, 11) is 0.160. The Bertz CT molecular complexity index is 1190. The molecule has 4 rings (SSSR count). The zero-order valence-corrected chi connectivity index (χ0v) is 22.9. The molecule has 0 aliphatic rings. The Morgan fingerprint density at radius 1 is 0.972 bits per heavy atom. The first kappa shape index (κ1) is 28.2. The van der Waals surface area contributed by atoms with Crippen molar-refractivity contribution >= 4 is 47.0 Å². The maximum absolute atomic E-state index is 13.8. The molecule has 36 heavy (non-hydrogen) atoms. The van der Waals surface area contributed by atoms with Crippen LogP contribution in [0.1, 0.15) is 64.9 Å². The highest BCUT2D eigenvalue weighted by molar-refractivity contribution is 7.47. The second-order valence-electron chi connectivity index (χ2n) is 8.26. The molecule has 1 atom stereocenters. The molecule has 2 aromatic heterocycles. The summed E-state index contributed by atoms with van der Waals surface area (Å²) >= 11 is 1.33. The van der Waals surface area contributed by atoms with Gasteiger partial charge in [-0.3, -0.25) is 0 Å². The average molecular weight is 535 g/mol. The molecule has 0 bridgehead atoms. The number of alkyl halides is 3. The maximum Gasteiger partial charge on any atom is 0.417 e. The average Bonchev–Trinajstić information content (AvgIpc) is 3.52. The van der Waals surface area contributed by atoms with E-state index >= 15 is 0 Å². The quantitative estimate of drug-likeness (QED) is 0.154. The minimum atomic E-state index is -4.39. The Morgan fingerprint density at radius 2 is 1.72 bits per heavy atom. The molecule has 4 aromatic rings. The van der Waals surface area contributed by atoms with Crippen molar-refractivity contribution in [2.24, 2.45) is 0 Å². The van der Waals surface area contributed by atoms with Gasteiger partial charge in [0.25, 0.3) is 0 Å². The normalized spacial score (nSPS) is 11.7. The first-order valence-electron chi connectivity index (χ1n) is 12.6. The predicted molar refractivity (Wildman–Crippen MR) is 150 cm³/mol. The van der Waals surface area contributed by atoms with Crippen molar-refractivity contribution in [1.82, 2.24) is 4.98 Å². The number of aromatic nitrogens is 1. The van der Waals surface area contributed by atoms with E-state index in [-0.39, 0.29) is 8.58 Å². The van der Waals surface area contributed by atoms with Gasteiger partial charge in [0.1, 0.15) is 11.3 Å². The standard InChI is InChI=1S/C26H28F3N2OPS.C2H6/c1-2-3-4-5-6-9-14-33-24-13-12-19(16-20(24)26(27,28)29)30-25-31-21(17-34-25)23-15-18-10-7-8-11-22(18)32-23;1-2/h7-8,10-13,15-17,33H,2-6,9,14H2,1H3,(H,30,31);1-2H3. The smallest absolute Gasteiger partial charge is 0.417 e. The third-order valence-electron chi connectivity index (χ3n) is 5.60. The van der Waals surface area contributed by atoms with Crippen LogP contribution in [0.15, 0.2) is 58.3 Å². The Labute approximate surface area is 217 Å². The predicted octanol–water partition coefficient (Wildman–Crippen LogP) is 10.0. The number of rotatable bonds is 11. The van der Waals surface area contributed by atoms with Crippen LogP contribution in [0.2, 0.25) is 0 Å². The number of furan rings is 1. The number of fused-ring (bicyclic) bond motifs is 1. The number of para-hydroxylation sites is 1. The molecule has 3 nitrogen and oxygen atoms in total. The fourth-order valence-corrected chi connectivity index (χ4v) is 5.84. The van der Waals surface area contributed by atoms with E-state index in [9.17, 15) is 13.2 Å². The van der Waals surface area contributed by atoms with E-state index in [1.54, 1.807) is 12.1 Å². The fourth-order valence-electron chi connectivity index (χ4n) is 3.81. The van der Waals surface area contributed by atoms with E-state index in [1.165, 1.54) is 36.7 Å². The van der Waals surface area contributed by atoms with Crippen molar-refractivity contribution in [3.8, 4) is 11.5 Å². The SMILES string of the molecule is CC.CCCCCCCCPc1ccc(Nc2nc(-c3cc4ccccc4o3)cs2)cc1C(F)(F)F. The lowest BCUT2D eigenvalue weighted by atomic mass is 10.1. The number of hydrogen-bond acceptors (Lipinski definition) is 4. The Kier molecular flexibility index (Phi) is 10.8. The third-order valence-corrected chi connectivity index (χ3v) is 7.78. The van der Waals surface area contributed by atoms with Crippen LogP contribution in [0.5, 0.6) is 0 Å². The lowest BCUT2D eigenvalue weighted by Crippen LogP contribution is -2.16. The number of nitrogens with zero attached hydrogens (tertiary/aromatic N) is 1. The molecular weight excluding hydrogens is 500 g/mol. The molecule has 0 aliphatic heterocycles. The molecule has 0 fully saturated rings. The van der Waals surface area contributed by atoms with E-state index < -0.39 is 11.7 Å². The molecule has 0 saturated heterocycles. The molecule has 1 N–H and O–H groups in total. The minimum absolute atomic E-state index is 0.160. The Balaban J connectivity index is 0.00000176. The number of halogens is 3. The van der Waals surface area contributed by atoms with Crippen LogP contribution < -0.4 is 10.6 Å². The summed E-state index contributed by atoms with van der Waals surface area (Å²) in [5.74, 6) is 0.632. The van der Waals surface area contributed by atoms with Gasteiger partial charge in [-0.2, -0.15) is 13.2 Å². The van der Waals surface area contributed by atoms with Gasteiger partial charge >= 0.3 is 6.18 Å². The lowest BCUT2D eigenvalue weighted by Gasteiger charge is -2.15. The largest absolute Gasteiger partial charge is 0.454 e. The zero-order chi connectivity index (χ0) is 26.0. The van der Waals surface area contributed by atoms with Crippen molar-refractivity contribution in [1.29, 1.82) is 0 Å². The Hall–Kier alpha value is -2.37. The molecule has 0 spiro atoms. The molecular formula is C28H34F3N2OPS. The summed E-state index contributed by atoms with van der Waals surface area (Å²) in [5.41, 5.74) is 1.24. The molecule has 8 heteroatoms. The van der Waals surface area contributed by atoms with E-state index in [1.807, 2.05) is 49.6 Å². The summed E-state index contributed by atoms with van der Waals surface area (Å²) in [6, 6.07) is 14.1. The molecule has 0 radical (unpaired) electrons. The first-order valence-corrected chi connectivity index (χ1v) is 14.7. The van der Waals surface area contributed by atoms with Crippen LogP contribution in [0.3, 0.4) is 0 Å². The van der Waals surface area contributed by atoms with E-state index in [4.69, 9.17) is 4.42 Å². The van der Waals surface area contributed by atoms with Crippen LogP contribution in [-0.4, -0.2) is 11.1 Å². The lowest BCUT2D eigenvalue weighted by molar-refractivity contribution is -0.136. The zero-order valence-electron chi connectivity index (χ0n) is 21.0. The monoisotopic (exact) mass is 534 g/mol. The second-order valence-corrected chi connectivity index (χ2v) is 10.5. The second kappa shape index (κ2) is 13.8. The molecule has 1 unspecified atom stereocenters. The number of unbranched alkanes of at least 4 members (excludes halogenated alkanes) is 5. The van der Waals surface area contributed by atoms with Crippen LogP contribution in [0, 0.1) is 0 Å². The maximum atomic E-state index is 13.8. The minimum Gasteiger partial charge on any atom is -0.454 e. The van der Waals surface area contributed by atoms with Crippen LogP contribution in [-0.2, 0) is 6.18 Å². The highest BCUT2D eigenvalue weighted by Crippen LogP contribution is 2.35. The highest BCUT2D eigenvalue weighted by Gasteiger charge is 2.33. The Morgan fingerprint density at radius 3 is 2.47 bits per heavy atom. The van der Waals surface area contributed by atoms with E-state index in [0.29, 0.717) is 27.6 Å². The number of thiazole rings is 1. The number of nitrogens with one attached hydrogen (secondary N) is 1. The summed E-state index contributed by atoms with van der Waals surface area (Å²) in [6.07, 6.45) is 3.28. The van der Waals surface area contributed by atoms with Gasteiger partial charge in [0, 0.05) is 16.5 Å². The topological polar surface area (TPSA) is 38.1 Å². The van der Waals surface area contributed by atoms with Gasteiger partial charge in [-0.1, -0.05) is 85.7 Å². The number of hydrogen-bond donors (Lipinski definition) is 1. The fraction of sp³-hybridized carbons (Fsp3) is 0.393. The first-order chi connectivity index (χ1) is 17.4. The third kappa shape index (κ3) is 7.81. The molecule has 0 aliphatic carbocycles.